The van der Waals surface area contributed by atoms with E-state index in [0.717, 1.165) is 11.0 Å². The molecule has 0 saturated carbocycles. The minimum absolute atomic E-state index is 0.0482. The zero-order valence-corrected chi connectivity index (χ0v) is 11.0. The van der Waals surface area contributed by atoms with Crippen LogP contribution in [-0.2, 0) is 0 Å². The van der Waals surface area contributed by atoms with Crippen LogP contribution < -0.4 is 10.1 Å². The van der Waals surface area contributed by atoms with Crippen molar-refractivity contribution in [3.63, 3.8) is 0 Å². The molecule has 0 bridgehead atoms. The molecule has 5 nitrogen and oxygen atoms in total. The van der Waals surface area contributed by atoms with Gasteiger partial charge in [0, 0.05) is 19.7 Å². The molecule has 0 spiro atoms. The van der Waals surface area contributed by atoms with Gasteiger partial charge in [0.15, 0.2) is 11.5 Å². The van der Waals surface area contributed by atoms with Crippen LogP contribution >= 0.6 is 0 Å². The number of alkyl halides is 3. The van der Waals surface area contributed by atoms with E-state index in [2.05, 4.69) is 10.1 Å². The van der Waals surface area contributed by atoms with Crippen LogP contribution in [-0.4, -0.2) is 37.2 Å². The molecule has 0 aliphatic carbocycles. The first-order valence-corrected chi connectivity index (χ1v) is 5.49. The summed E-state index contributed by atoms with van der Waals surface area (Å²) in [5, 5.41) is 2.25. The Bertz CT molecular complexity index is 527. The van der Waals surface area contributed by atoms with Crippen LogP contribution in [0.15, 0.2) is 18.2 Å². The van der Waals surface area contributed by atoms with Crippen molar-refractivity contribution < 1.29 is 27.5 Å². The predicted octanol–water partition coefficient (Wildman–Crippen LogP) is 2.88. The van der Waals surface area contributed by atoms with Crippen LogP contribution in [0.3, 0.4) is 0 Å². The van der Waals surface area contributed by atoms with Crippen molar-refractivity contribution >= 4 is 17.5 Å². The lowest BCUT2D eigenvalue weighted by molar-refractivity contribution is -0.274. The van der Waals surface area contributed by atoms with Crippen LogP contribution in [0, 0.1) is 0 Å². The van der Waals surface area contributed by atoms with E-state index in [9.17, 15) is 22.8 Å². The second-order valence-corrected chi connectivity index (χ2v) is 4.14. The summed E-state index contributed by atoms with van der Waals surface area (Å²) in [6.07, 6.45) is -4.92. The molecule has 20 heavy (non-hydrogen) atoms. The Balaban J connectivity index is 3.15. The van der Waals surface area contributed by atoms with Crippen LogP contribution in [0.25, 0.3) is 0 Å². The molecule has 0 unspecified atom stereocenters. The molecule has 0 heterocycles. The fraction of sp³-hybridized carbons (Fsp3) is 0.333. The molecule has 1 N–H and O–H groups in total. The van der Waals surface area contributed by atoms with Crippen molar-refractivity contribution in [3.05, 3.63) is 23.8 Å². The van der Waals surface area contributed by atoms with E-state index in [-0.39, 0.29) is 11.3 Å². The van der Waals surface area contributed by atoms with Gasteiger partial charge in [-0.3, -0.25) is 4.79 Å². The monoisotopic (exact) mass is 290 g/mol. The van der Waals surface area contributed by atoms with Crippen molar-refractivity contribution in [2.75, 3.05) is 19.4 Å². The Kier molecular flexibility index (Phi) is 4.59. The van der Waals surface area contributed by atoms with Crippen LogP contribution in [0.5, 0.6) is 5.75 Å². The summed E-state index contributed by atoms with van der Waals surface area (Å²) in [7, 11) is 2.87. The second-order valence-electron chi connectivity index (χ2n) is 4.14. The lowest BCUT2D eigenvalue weighted by Crippen LogP contribution is -2.28. The van der Waals surface area contributed by atoms with Crippen molar-refractivity contribution in [1.82, 2.24) is 4.90 Å². The number of carbonyl (C=O) groups excluding carboxylic acids is 2. The average Bonchev–Trinajstić information content (AvgIpc) is 2.28. The normalized spacial score (nSPS) is 10.9. The summed E-state index contributed by atoms with van der Waals surface area (Å²) in [6.45, 7) is 1.21. The summed E-state index contributed by atoms with van der Waals surface area (Å²) in [4.78, 5) is 23.8. The number of nitrogens with one attached hydrogen (secondary N) is 1. The number of hydrogen-bond donors (Lipinski definition) is 1. The van der Waals surface area contributed by atoms with E-state index in [0.29, 0.717) is 0 Å². The SMILES string of the molecule is CC(=O)c1ccc(NC(=O)N(C)C)c(OC(F)(F)F)c1. The lowest BCUT2D eigenvalue weighted by atomic mass is 10.1. The van der Waals surface area contributed by atoms with E-state index >= 15 is 0 Å². The summed E-state index contributed by atoms with van der Waals surface area (Å²) in [5.41, 5.74) is -0.127. The Morgan fingerprint density at radius 3 is 2.30 bits per heavy atom. The lowest BCUT2D eigenvalue weighted by Gasteiger charge is -2.17. The summed E-state index contributed by atoms with van der Waals surface area (Å²) in [5.74, 6) is -1.05. The first-order valence-electron chi connectivity index (χ1n) is 5.49. The van der Waals surface area contributed by atoms with Gasteiger partial charge < -0.3 is 15.0 Å². The van der Waals surface area contributed by atoms with Gasteiger partial charge in [-0.05, 0) is 25.1 Å². The fourth-order valence-electron chi connectivity index (χ4n) is 1.28. The minimum Gasteiger partial charge on any atom is -0.404 e. The fourth-order valence-corrected chi connectivity index (χ4v) is 1.28. The van der Waals surface area contributed by atoms with Gasteiger partial charge in [-0.1, -0.05) is 0 Å². The highest BCUT2D eigenvalue weighted by Gasteiger charge is 2.32. The van der Waals surface area contributed by atoms with Crippen LogP contribution in [0.4, 0.5) is 23.7 Å². The van der Waals surface area contributed by atoms with E-state index in [1.807, 2.05) is 0 Å². The Morgan fingerprint density at radius 1 is 1.25 bits per heavy atom. The molecule has 0 atom stereocenters. The van der Waals surface area contributed by atoms with Crippen molar-refractivity contribution in [1.29, 1.82) is 0 Å². The molecule has 2 amide bonds. The highest BCUT2D eigenvalue weighted by atomic mass is 19.4. The molecule has 1 aromatic rings. The summed E-state index contributed by atoms with van der Waals surface area (Å²) >= 11 is 0. The van der Waals surface area contributed by atoms with Gasteiger partial charge in [-0.15, -0.1) is 13.2 Å². The number of ketones is 1. The number of urea groups is 1. The van der Waals surface area contributed by atoms with Crippen LogP contribution in [0.2, 0.25) is 0 Å². The number of halogens is 3. The Morgan fingerprint density at radius 2 is 1.85 bits per heavy atom. The van der Waals surface area contributed by atoms with Gasteiger partial charge in [0.25, 0.3) is 0 Å². The largest absolute Gasteiger partial charge is 0.573 e. The number of rotatable bonds is 3. The van der Waals surface area contributed by atoms with Crippen LogP contribution in [0.1, 0.15) is 17.3 Å². The van der Waals surface area contributed by atoms with Crippen molar-refractivity contribution in [2.24, 2.45) is 0 Å². The quantitative estimate of drug-likeness (QED) is 0.871. The molecule has 1 aromatic carbocycles. The summed E-state index contributed by atoms with van der Waals surface area (Å²) in [6, 6.07) is 2.80. The highest BCUT2D eigenvalue weighted by molar-refractivity contribution is 5.96. The maximum absolute atomic E-state index is 12.3. The number of ether oxygens (including phenoxy) is 1. The molecule has 0 aliphatic rings. The molecule has 8 heteroatoms. The molecular formula is C12H13F3N2O3. The molecule has 0 aliphatic heterocycles. The van der Waals surface area contributed by atoms with E-state index in [4.69, 9.17) is 0 Å². The van der Waals surface area contributed by atoms with Gasteiger partial charge in [0.1, 0.15) is 0 Å². The number of hydrogen-bond acceptors (Lipinski definition) is 3. The number of Topliss-reactive ketones (excluding diaryl/α,β-unsaturated/α-hetero) is 1. The van der Waals surface area contributed by atoms with Gasteiger partial charge >= 0.3 is 12.4 Å². The van der Waals surface area contributed by atoms with Gasteiger partial charge in [0.05, 0.1) is 5.69 Å². The Hall–Kier alpha value is -2.25. The maximum atomic E-state index is 12.3. The van der Waals surface area contributed by atoms with Gasteiger partial charge in [0.2, 0.25) is 0 Å². The van der Waals surface area contributed by atoms with E-state index in [1.165, 1.54) is 33.2 Å². The molecule has 1 rings (SSSR count). The first-order chi connectivity index (χ1) is 9.10. The molecule has 110 valence electrons. The second kappa shape index (κ2) is 5.81. The Labute approximate surface area is 113 Å². The molecule has 0 aromatic heterocycles. The zero-order valence-electron chi connectivity index (χ0n) is 11.0. The molecular weight excluding hydrogens is 277 g/mol. The third-order valence-corrected chi connectivity index (χ3v) is 2.26. The summed E-state index contributed by atoms with van der Waals surface area (Å²) < 4.78 is 40.8. The number of anilines is 1. The van der Waals surface area contributed by atoms with Gasteiger partial charge in [-0.2, -0.15) is 0 Å². The first kappa shape index (κ1) is 15.8. The molecule has 0 fully saturated rings. The standard InChI is InChI=1S/C12H13F3N2O3/c1-7(18)8-4-5-9(16-11(19)17(2)3)10(6-8)20-12(13,14)15/h4-6H,1-3H3,(H,16,19). The number of carbonyl (C=O) groups is 2. The minimum atomic E-state index is -4.92. The van der Waals surface area contributed by atoms with Crippen molar-refractivity contribution in [2.45, 2.75) is 13.3 Å². The smallest absolute Gasteiger partial charge is 0.404 e. The van der Waals surface area contributed by atoms with Gasteiger partial charge in [-0.25, -0.2) is 4.79 Å². The van der Waals surface area contributed by atoms with E-state index < -0.39 is 23.9 Å². The van der Waals surface area contributed by atoms with E-state index in [1.54, 1.807) is 0 Å². The zero-order chi connectivity index (χ0) is 15.5. The number of benzene rings is 1. The maximum Gasteiger partial charge on any atom is 0.573 e. The predicted molar refractivity (Wildman–Crippen MR) is 65.8 cm³/mol. The topological polar surface area (TPSA) is 58.6 Å². The number of amides is 2. The highest BCUT2D eigenvalue weighted by Crippen LogP contribution is 2.31. The van der Waals surface area contributed by atoms with Crippen molar-refractivity contribution in [3.8, 4) is 5.75 Å². The third-order valence-electron chi connectivity index (χ3n) is 2.26. The molecule has 0 radical (unpaired) electrons. The third kappa shape index (κ3) is 4.45. The average molecular weight is 290 g/mol. The molecule has 0 saturated heterocycles. The number of nitrogens with zero attached hydrogens (tertiary/aromatic N) is 1.